The molecule has 9 nitrogen and oxygen atoms in total. The molecule has 170 valence electrons. The van der Waals surface area contributed by atoms with Crippen LogP contribution in [0.1, 0.15) is 28.4 Å². The molecule has 0 atom stereocenters. The van der Waals surface area contributed by atoms with E-state index in [-0.39, 0.29) is 34.3 Å². The zero-order chi connectivity index (χ0) is 24.1. The molecular weight excluding hydrogens is 440 g/mol. The summed E-state index contributed by atoms with van der Waals surface area (Å²) in [5.41, 5.74) is 1.41. The average molecular weight is 458 g/mol. The molecule has 0 fully saturated rings. The van der Waals surface area contributed by atoms with E-state index in [1.54, 1.807) is 37.3 Å². The molecule has 3 aromatic carbocycles. The predicted octanol–water partition coefficient (Wildman–Crippen LogP) is 4.56. The maximum absolute atomic E-state index is 12.5. The lowest BCUT2D eigenvalue weighted by Gasteiger charge is -2.11. The molecule has 0 aromatic heterocycles. The summed E-state index contributed by atoms with van der Waals surface area (Å²) in [5.74, 6) is -0.611. The Morgan fingerprint density at radius 3 is 2.47 bits per heavy atom. The molecule has 3 aromatic rings. The van der Waals surface area contributed by atoms with E-state index in [1.807, 2.05) is 18.2 Å². The number of hydrogen-bond donors (Lipinski definition) is 0. The highest BCUT2D eigenvalue weighted by Gasteiger charge is 2.24. The molecule has 34 heavy (non-hydrogen) atoms. The minimum Gasteiger partial charge on any atom is -0.490 e. The van der Waals surface area contributed by atoms with Crippen LogP contribution in [0, 0.1) is 10.1 Å². The SMILES string of the molecule is CCOc1cc(/C=C2/N=C(c3ccccc3)OC2=O)ccc1OC(=O)c1ccc([N+](=O)[O-])cc1. The van der Waals surface area contributed by atoms with Gasteiger partial charge in [-0.2, -0.15) is 0 Å². The number of hydrogen-bond acceptors (Lipinski definition) is 8. The Balaban J connectivity index is 1.56. The minimum absolute atomic E-state index is 0.122. The lowest BCUT2D eigenvalue weighted by molar-refractivity contribution is -0.384. The summed E-state index contributed by atoms with van der Waals surface area (Å²) in [6, 6.07) is 18.9. The van der Waals surface area contributed by atoms with Gasteiger partial charge >= 0.3 is 11.9 Å². The van der Waals surface area contributed by atoms with E-state index in [2.05, 4.69) is 4.99 Å². The first-order chi connectivity index (χ1) is 16.4. The van der Waals surface area contributed by atoms with E-state index in [0.29, 0.717) is 17.7 Å². The van der Waals surface area contributed by atoms with E-state index < -0.39 is 16.9 Å². The number of carbonyl (C=O) groups excluding carboxylic acids is 2. The molecule has 1 heterocycles. The molecule has 0 aliphatic carbocycles. The largest absolute Gasteiger partial charge is 0.490 e. The van der Waals surface area contributed by atoms with E-state index in [1.165, 1.54) is 30.3 Å². The van der Waals surface area contributed by atoms with Crippen LogP contribution in [0.2, 0.25) is 0 Å². The van der Waals surface area contributed by atoms with Gasteiger partial charge in [-0.05, 0) is 55.0 Å². The Morgan fingerprint density at radius 1 is 1.06 bits per heavy atom. The highest BCUT2D eigenvalue weighted by molar-refractivity contribution is 6.12. The summed E-state index contributed by atoms with van der Waals surface area (Å²) in [4.78, 5) is 39.3. The Kier molecular flexibility index (Phi) is 6.45. The van der Waals surface area contributed by atoms with Crippen molar-refractivity contribution >= 4 is 29.6 Å². The van der Waals surface area contributed by atoms with E-state index in [4.69, 9.17) is 14.2 Å². The summed E-state index contributed by atoms with van der Waals surface area (Å²) in [6.07, 6.45) is 1.54. The van der Waals surface area contributed by atoms with Gasteiger partial charge in [-0.15, -0.1) is 0 Å². The summed E-state index contributed by atoms with van der Waals surface area (Å²) >= 11 is 0. The number of cyclic esters (lactones) is 1. The predicted molar refractivity (Wildman–Crippen MR) is 123 cm³/mol. The van der Waals surface area contributed by atoms with Crippen molar-refractivity contribution in [3.63, 3.8) is 0 Å². The monoisotopic (exact) mass is 458 g/mol. The maximum Gasteiger partial charge on any atom is 0.363 e. The Hall–Kier alpha value is -4.79. The van der Waals surface area contributed by atoms with Gasteiger partial charge in [0.25, 0.3) is 5.69 Å². The lowest BCUT2D eigenvalue weighted by atomic mass is 10.1. The second kappa shape index (κ2) is 9.78. The van der Waals surface area contributed by atoms with Crippen LogP contribution in [0.25, 0.3) is 6.08 Å². The molecule has 0 amide bonds. The second-order valence-electron chi connectivity index (χ2n) is 7.03. The second-order valence-corrected chi connectivity index (χ2v) is 7.03. The van der Waals surface area contributed by atoms with Crippen LogP contribution in [0.3, 0.4) is 0 Å². The molecule has 1 aliphatic rings. The van der Waals surface area contributed by atoms with Gasteiger partial charge in [0.1, 0.15) is 0 Å². The first-order valence-corrected chi connectivity index (χ1v) is 10.3. The van der Waals surface area contributed by atoms with Crippen LogP contribution >= 0.6 is 0 Å². The molecule has 0 N–H and O–H groups in total. The van der Waals surface area contributed by atoms with Gasteiger partial charge in [0, 0.05) is 17.7 Å². The van der Waals surface area contributed by atoms with Gasteiger partial charge in [0.05, 0.1) is 17.1 Å². The zero-order valence-corrected chi connectivity index (χ0v) is 18.0. The smallest absolute Gasteiger partial charge is 0.363 e. The number of carbonyl (C=O) groups is 2. The summed E-state index contributed by atoms with van der Waals surface area (Å²) < 4.78 is 16.3. The third-order valence-corrected chi connectivity index (χ3v) is 4.73. The van der Waals surface area contributed by atoms with E-state index in [9.17, 15) is 19.7 Å². The third kappa shape index (κ3) is 4.99. The molecule has 0 saturated carbocycles. The van der Waals surface area contributed by atoms with Crippen LogP contribution in [-0.4, -0.2) is 29.4 Å². The van der Waals surface area contributed by atoms with Crippen molar-refractivity contribution in [3.05, 3.63) is 105 Å². The molecule has 0 radical (unpaired) electrons. The standard InChI is InChI=1S/C25H18N2O7/c1-2-32-22-15-16(14-20-25(29)34-23(26-20)17-6-4-3-5-7-17)8-13-21(22)33-24(28)18-9-11-19(12-10-18)27(30)31/h3-15H,2H2,1H3/b20-14+. The number of non-ortho nitro benzene ring substituents is 1. The van der Waals surface area contributed by atoms with Gasteiger partial charge in [0.15, 0.2) is 17.2 Å². The van der Waals surface area contributed by atoms with Gasteiger partial charge in [0.2, 0.25) is 5.90 Å². The number of benzene rings is 3. The fraction of sp³-hybridized carbons (Fsp3) is 0.0800. The van der Waals surface area contributed by atoms with Crippen molar-refractivity contribution in [2.45, 2.75) is 6.92 Å². The molecule has 0 saturated heterocycles. The Morgan fingerprint density at radius 2 is 1.79 bits per heavy atom. The van der Waals surface area contributed by atoms with Crippen molar-refractivity contribution in [2.24, 2.45) is 4.99 Å². The Bertz CT molecular complexity index is 1310. The van der Waals surface area contributed by atoms with Crippen LogP contribution in [0.4, 0.5) is 5.69 Å². The number of ether oxygens (including phenoxy) is 3. The quantitative estimate of drug-likeness (QED) is 0.167. The van der Waals surface area contributed by atoms with Crippen molar-refractivity contribution in [3.8, 4) is 11.5 Å². The molecule has 0 unspecified atom stereocenters. The summed E-state index contributed by atoms with van der Waals surface area (Å²) in [5, 5.41) is 10.8. The van der Waals surface area contributed by atoms with Gasteiger partial charge in [-0.25, -0.2) is 14.6 Å². The molecule has 0 spiro atoms. The highest BCUT2D eigenvalue weighted by Crippen LogP contribution is 2.31. The molecule has 9 heteroatoms. The number of aliphatic imine (C=N–C) groups is 1. The fourth-order valence-corrected chi connectivity index (χ4v) is 3.12. The third-order valence-electron chi connectivity index (χ3n) is 4.73. The van der Waals surface area contributed by atoms with Crippen molar-refractivity contribution in [1.29, 1.82) is 0 Å². The van der Waals surface area contributed by atoms with Crippen molar-refractivity contribution < 1.29 is 28.7 Å². The highest BCUT2D eigenvalue weighted by atomic mass is 16.6. The summed E-state index contributed by atoms with van der Waals surface area (Å²) in [7, 11) is 0. The van der Waals surface area contributed by atoms with Crippen molar-refractivity contribution in [2.75, 3.05) is 6.61 Å². The topological polar surface area (TPSA) is 117 Å². The lowest BCUT2D eigenvalue weighted by Crippen LogP contribution is -2.10. The van der Waals surface area contributed by atoms with Crippen LogP contribution in [0.5, 0.6) is 11.5 Å². The zero-order valence-electron chi connectivity index (χ0n) is 18.0. The number of nitro benzene ring substituents is 1. The van der Waals surface area contributed by atoms with Crippen LogP contribution < -0.4 is 9.47 Å². The summed E-state index contributed by atoms with van der Waals surface area (Å²) in [6.45, 7) is 2.08. The molecule has 0 bridgehead atoms. The minimum atomic E-state index is -0.696. The van der Waals surface area contributed by atoms with Gasteiger partial charge in [-0.3, -0.25) is 10.1 Å². The average Bonchev–Trinajstić information content (AvgIpc) is 3.21. The number of esters is 2. The number of nitro groups is 1. The molecule has 1 aliphatic heterocycles. The Labute approximate surface area is 194 Å². The number of nitrogens with zero attached hydrogens (tertiary/aromatic N) is 2. The fourth-order valence-electron chi connectivity index (χ4n) is 3.12. The van der Waals surface area contributed by atoms with Gasteiger partial charge in [-0.1, -0.05) is 24.3 Å². The van der Waals surface area contributed by atoms with Crippen LogP contribution in [0.15, 0.2) is 83.5 Å². The maximum atomic E-state index is 12.5. The van der Waals surface area contributed by atoms with E-state index in [0.717, 1.165) is 0 Å². The van der Waals surface area contributed by atoms with Gasteiger partial charge < -0.3 is 14.2 Å². The first-order valence-electron chi connectivity index (χ1n) is 10.3. The normalized spacial score (nSPS) is 13.9. The van der Waals surface area contributed by atoms with Crippen LogP contribution in [-0.2, 0) is 9.53 Å². The molecule has 4 rings (SSSR count). The molecular formula is C25H18N2O7. The van der Waals surface area contributed by atoms with Crippen molar-refractivity contribution in [1.82, 2.24) is 0 Å². The number of rotatable bonds is 7. The first kappa shape index (κ1) is 22.4. The van der Waals surface area contributed by atoms with E-state index >= 15 is 0 Å².